The number of aryl methyl sites for hydroxylation is 1. The van der Waals surface area contributed by atoms with E-state index in [0.717, 1.165) is 23.1 Å². The zero-order chi connectivity index (χ0) is 12.0. The molecule has 0 bridgehead atoms. The highest BCUT2D eigenvalue weighted by Crippen LogP contribution is 2.20. The molecule has 1 rings (SSSR count). The van der Waals surface area contributed by atoms with Gasteiger partial charge in [-0.05, 0) is 31.0 Å². The maximum Gasteiger partial charge on any atom is 0.219 e. The number of carbonyl (C=O) groups excluding carboxylic acids is 1. The summed E-state index contributed by atoms with van der Waals surface area (Å²) in [5.41, 5.74) is 2.33. The van der Waals surface area contributed by atoms with Gasteiger partial charge >= 0.3 is 0 Å². The molecular formula is C12H17BrN2O. The molecule has 0 heterocycles. The molecular weight excluding hydrogens is 268 g/mol. The molecule has 88 valence electrons. The van der Waals surface area contributed by atoms with Gasteiger partial charge in [-0.2, -0.15) is 0 Å². The van der Waals surface area contributed by atoms with E-state index in [9.17, 15) is 4.79 Å². The minimum Gasteiger partial charge on any atom is -0.385 e. The van der Waals surface area contributed by atoms with Crippen LogP contribution in [0.5, 0.6) is 0 Å². The number of amides is 1. The van der Waals surface area contributed by atoms with Gasteiger partial charge < -0.3 is 10.6 Å². The monoisotopic (exact) mass is 284 g/mol. The van der Waals surface area contributed by atoms with Gasteiger partial charge in [0, 0.05) is 30.2 Å². The van der Waals surface area contributed by atoms with Crippen molar-refractivity contribution in [2.24, 2.45) is 0 Å². The van der Waals surface area contributed by atoms with Crippen LogP contribution >= 0.6 is 15.9 Å². The van der Waals surface area contributed by atoms with Gasteiger partial charge in [0.1, 0.15) is 0 Å². The molecule has 0 aliphatic carbocycles. The minimum atomic E-state index is 0.0905. The standard InChI is InChI=1S/C12H17BrN2O/c1-9-5-6-10(13)8-11(9)15-7-3-4-12(16)14-2/h5-6,8,15H,3-4,7H2,1-2H3,(H,14,16). The summed E-state index contributed by atoms with van der Waals surface area (Å²) < 4.78 is 1.06. The molecule has 1 aromatic carbocycles. The smallest absolute Gasteiger partial charge is 0.219 e. The van der Waals surface area contributed by atoms with Crippen molar-refractivity contribution >= 4 is 27.5 Å². The molecule has 0 aliphatic heterocycles. The van der Waals surface area contributed by atoms with E-state index in [2.05, 4.69) is 45.6 Å². The van der Waals surface area contributed by atoms with Crippen molar-refractivity contribution in [3.8, 4) is 0 Å². The molecule has 1 aromatic rings. The van der Waals surface area contributed by atoms with Gasteiger partial charge in [-0.25, -0.2) is 0 Å². The molecule has 1 amide bonds. The van der Waals surface area contributed by atoms with Crippen LogP contribution in [-0.2, 0) is 4.79 Å². The Morgan fingerprint density at radius 3 is 2.88 bits per heavy atom. The highest BCUT2D eigenvalue weighted by Gasteiger charge is 2.00. The van der Waals surface area contributed by atoms with Crippen molar-refractivity contribution in [3.05, 3.63) is 28.2 Å². The SMILES string of the molecule is CNC(=O)CCCNc1cc(Br)ccc1C. The number of halogens is 1. The molecule has 0 fully saturated rings. The molecule has 0 radical (unpaired) electrons. The second kappa shape index (κ2) is 6.53. The van der Waals surface area contributed by atoms with Crippen LogP contribution in [0.3, 0.4) is 0 Å². The first-order valence-electron chi connectivity index (χ1n) is 5.34. The molecule has 3 nitrogen and oxygen atoms in total. The zero-order valence-electron chi connectivity index (χ0n) is 9.64. The summed E-state index contributed by atoms with van der Waals surface area (Å²) in [6.07, 6.45) is 1.40. The molecule has 0 unspecified atom stereocenters. The number of anilines is 1. The molecule has 0 spiro atoms. The Morgan fingerprint density at radius 1 is 1.44 bits per heavy atom. The lowest BCUT2D eigenvalue weighted by molar-refractivity contribution is -0.120. The maximum absolute atomic E-state index is 11.0. The molecule has 0 saturated carbocycles. The summed E-state index contributed by atoms with van der Waals surface area (Å²) in [5.74, 6) is 0.0905. The maximum atomic E-state index is 11.0. The van der Waals surface area contributed by atoms with E-state index in [0.29, 0.717) is 6.42 Å². The van der Waals surface area contributed by atoms with Crippen molar-refractivity contribution in [2.75, 3.05) is 18.9 Å². The number of nitrogens with one attached hydrogen (secondary N) is 2. The van der Waals surface area contributed by atoms with Crippen LogP contribution in [-0.4, -0.2) is 19.5 Å². The van der Waals surface area contributed by atoms with Crippen molar-refractivity contribution in [3.63, 3.8) is 0 Å². The first-order valence-corrected chi connectivity index (χ1v) is 6.13. The van der Waals surface area contributed by atoms with Crippen LogP contribution in [0.4, 0.5) is 5.69 Å². The summed E-state index contributed by atoms with van der Waals surface area (Å²) in [6, 6.07) is 6.13. The average molecular weight is 285 g/mol. The van der Waals surface area contributed by atoms with Crippen LogP contribution in [0.15, 0.2) is 22.7 Å². The highest BCUT2D eigenvalue weighted by molar-refractivity contribution is 9.10. The number of hydrogen-bond donors (Lipinski definition) is 2. The third kappa shape index (κ3) is 4.23. The van der Waals surface area contributed by atoms with E-state index in [1.54, 1.807) is 7.05 Å². The van der Waals surface area contributed by atoms with E-state index >= 15 is 0 Å². The Labute approximate surface area is 105 Å². The van der Waals surface area contributed by atoms with E-state index in [-0.39, 0.29) is 5.91 Å². The van der Waals surface area contributed by atoms with E-state index in [1.165, 1.54) is 5.56 Å². The van der Waals surface area contributed by atoms with Crippen LogP contribution < -0.4 is 10.6 Å². The van der Waals surface area contributed by atoms with Gasteiger partial charge in [0.2, 0.25) is 5.91 Å². The fourth-order valence-electron chi connectivity index (χ4n) is 1.38. The van der Waals surface area contributed by atoms with Crippen molar-refractivity contribution in [2.45, 2.75) is 19.8 Å². The number of hydrogen-bond acceptors (Lipinski definition) is 2. The van der Waals surface area contributed by atoms with Gasteiger partial charge in [-0.1, -0.05) is 22.0 Å². The zero-order valence-corrected chi connectivity index (χ0v) is 11.2. The summed E-state index contributed by atoms with van der Waals surface area (Å²) in [7, 11) is 1.66. The Balaban J connectivity index is 2.37. The number of rotatable bonds is 5. The summed E-state index contributed by atoms with van der Waals surface area (Å²) in [5, 5.41) is 5.93. The first-order chi connectivity index (χ1) is 7.63. The van der Waals surface area contributed by atoms with E-state index in [4.69, 9.17) is 0 Å². The molecule has 4 heteroatoms. The van der Waals surface area contributed by atoms with Crippen molar-refractivity contribution in [1.29, 1.82) is 0 Å². The lowest BCUT2D eigenvalue weighted by atomic mass is 10.2. The molecule has 0 atom stereocenters. The Hall–Kier alpha value is -1.03. The number of carbonyl (C=O) groups is 1. The summed E-state index contributed by atoms with van der Waals surface area (Å²) in [4.78, 5) is 11.0. The molecule has 0 aromatic heterocycles. The average Bonchev–Trinajstić information content (AvgIpc) is 2.28. The Kier molecular flexibility index (Phi) is 5.32. The lowest BCUT2D eigenvalue weighted by Crippen LogP contribution is -2.18. The van der Waals surface area contributed by atoms with Crippen LogP contribution in [0, 0.1) is 6.92 Å². The predicted octanol–water partition coefficient (Wildman–Crippen LogP) is 2.70. The van der Waals surface area contributed by atoms with Crippen molar-refractivity contribution < 1.29 is 4.79 Å². The summed E-state index contributed by atoms with van der Waals surface area (Å²) >= 11 is 3.44. The third-order valence-electron chi connectivity index (χ3n) is 2.37. The van der Waals surface area contributed by atoms with Crippen molar-refractivity contribution in [1.82, 2.24) is 5.32 Å². The Bertz CT molecular complexity index is 366. The fourth-order valence-corrected chi connectivity index (χ4v) is 1.74. The second-order valence-corrected chi connectivity index (χ2v) is 4.58. The molecule has 0 aliphatic rings. The van der Waals surface area contributed by atoms with Gasteiger partial charge in [0.05, 0.1) is 0 Å². The largest absolute Gasteiger partial charge is 0.385 e. The van der Waals surface area contributed by atoms with E-state index < -0.39 is 0 Å². The van der Waals surface area contributed by atoms with Gasteiger partial charge in [0.15, 0.2) is 0 Å². The van der Waals surface area contributed by atoms with Gasteiger partial charge in [-0.15, -0.1) is 0 Å². The lowest BCUT2D eigenvalue weighted by Gasteiger charge is -2.09. The number of benzene rings is 1. The van der Waals surface area contributed by atoms with Crippen LogP contribution in [0.2, 0.25) is 0 Å². The van der Waals surface area contributed by atoms with Gasteiger partial charge in [-0.3, -0.25) is 4.79 Å². The second-order valence-electron chi connectivity index (χ2n) is 3.66. The first kappa shape index (κ1) is 13.0. The van der Waals surface area contributed by atoms with Crippen LogP contribution in [0.25, 0.3) is 0 Å². The minimum absolute atomic E-state index is 0.0905. The predicted molar refractivity (Wildman–Crippen MR) is 70.7 cm³/mol. The highest BCUT2D eigenvalue weighted by atomic mass is 79.9. The third-order valence-corrected chi connectivity index (χ3v) is 2.87. The molecule has 2 N–H and O–H groups in total. The summed E-state index contributed by atoms with van der Waals surface area (Å²) in [6.45, 7) is 2.87. The van der Waals surface area contributed by atoms with Gasteiger partial charge in [0.25, 0.3) is 0 Å². The quantitative estimate of drug-likeness (QED) is 0.817. The molecule has 16 heavy (non-hydrogen) atoms. The Morgan fingerprint density at radius 2 is 2.19 bits per heavy atom. The fraction of sp³-hybridized carbons (Fsp3) is 0.417. The van der Waals surface area contributed by atoms with E-state index in [1.807, 2.05) is 6.07 Å². The van der Waals surface area contributed by atoms with Crippen LogP contribution in [0.1, 0.15) is 18.4 Å². The topological polar surface area (TPSA) is 41.1 Å². The normalized spacial score (nSPS) is 9.94. The molecule has 0 saturated heterocycles.